The van der Waals surface area contributed by atoms with E-state index >= 15 is 0 Å². The zero-order chi connectivity index (χ0) is 18.5. The number of hydrogen-bond acceptors (Lipinski definition) is 2. The van der Waals surface area contributed by atoms with Crippen LogP contribution >= 0.6 is 0 Å². The van der Waals surface area contributed by atoms with Gasteiger partial charge < -0.3 is 0 Å². The van der Waals surface area contributed by atoms with Gasteiger partial charge in [0.15, 0.2) is 17.5 Å². The SMILES string of the molecule is CC#Cc1ccc(-c2ccc(-c3ncc(CCC)cn3)cc2)c(F)c1F. The van der Waals surface area contributed by atoms with Gasteiger partial charge in [-0.15, -0.1) is 5.92 Å². The Morgan fingerprint density at radius 3 is 2.15 bits per heavy atom. The monoisotopic (exact) mass is 348 g/mol. The van der Waals surface area contributed by atoms with E-state index in [-0.39, 0.29) is 11.1 Å². The van der Waals surface area contributed by atoms with Crippen molar-refractivity contribution in [3.8, 4) is 34.4 Å². The van der Waals surface area contributed by atoms with E-state index in [0.717, 1.165) is 24.0 Å². The van der Waals surface area contributed by atoms with Crippen LogP contribution in [0.5, 0.6) is 0 Å². The van der Waals surface area contributed by atoms with Crippen LogP contribution in [0.2, 0.25) is 0 Å². The number of halogens is 2. The molecule has 0 aliphatic heterocycles. The van der Waals surface area contributed by atoms with Crippen LogP contribution in [0.25, 0.3) is 22.5 Å². The van der Waals surface area contributed by atoms with Crippen LogP contribution < -0.4 is 0 Å². The first-order chi connectivity index (χ1) is 12.6. The highest BCUT2D eigenvalue weighted by atomic mass is 19.2. The van der Waals surface area contributed by atoms with Gasteiger partial charge in [-0.1, -0.05) is 43.5 Å². The average Bonchev–Trinajstić information content (AvgIpc) is 2.67. The molecule has 2 nitrogen and oxygen atoms in total. The van der Waals surface area contributed by atoms with Crippen LogP contribution in [-0.4, -0.2) is 9.97 Å². The molecule has 2 aromatic carbocycles. The number of nitrogens with zero attached hydrogens (tertiary/aromatic N) is 2. The molecule has 0 spiro atoms. The standard InChI is InChI=1S/C22H18F2N2/c1-3-5-15-13-25-22(26-14-15)18-9-7-16(8-10-18)19-12-11-17(6-4-2)20(23)21(19)24/h7-14H,3,5H2,1-2H3. The van der Waals surface area contributed by atoms with Gasteiger partial charge in [-0.2, -0.15) is 0 Å². The number of benzene rings is 2. The maximum atomic E-state index is 14.3. The topological polar surface area (TPSA) is 25.8 Å². The van der Waals surface area contributed by atoms with Gasteiger partial charge in [-0.3, -0.25) is 0 Å². The van der Waals surface area contributed by atoms with Crippen molar-refractivity contribution in [2.24, 2.45) is 0 Å². The summed E-state index contributed by atoms with van der Waals surface area (Å²) in [4.78, 5) is 8.75. The fourth-order valence-corrected chi connectivity index (χ4v) is 2.72. The van der Waals surface area contributed by atoms with E-state index < -0.39 is 11.6 Å². The Bertz CT molecular complexity index is 966. The zero-order valence-electron chi connectivity index (χ0n) is 14.7. The van der Waals surface area contributed by atoms with E-state index in [4.69, 9.17) is 0 Å². The minimum atomic E-state index is -0.921. The van der Waals surface area contributed by atoms with Gasteiger partial charge in [-0.05, 0) is 36.6 Å². The van der Waals surface area contributed by atoms with Crippen molar-refractivity contribution >= 4 is 0 Å². The molecule has 1 aromatic heterocycles. The number of rotatable bonds is 4. The third kappa shape index (κ3) is 3.62. The maximum Gasteiger partial charge on any atom is 0.175 e. The molecule has 1 heterocycles. The smallest absolute Gasteiger partial charge is 0.175 e. The average molecular weight is 348 g/mol. The Morgan fingerprint density at radius 1 is 0.885 bits per heavy atom. The molecule has 0 bridgehead atoms. The predicted octanol–water partition coefficient (Wildman–Crippen LogP) is 5.41. The molecule has 26 heavy (non-hydrogen) atoms. The van der Waals surface area contributed by atoms with Crippen LogP contribution in [0, 0.1) is 23.5 Å². The Kier molecular flexibility index (Phi) is 5.38. The second-order valence-corrected chi connectivity index (χ2v) is 5.91. The van der Waals surface area contributed by atoms with Crippen LogP contribution in [0.15, 0.2) is 48.8 Å². The number of hydrogen-bond donors (Lipinski definition) is 0. The van der Waals surface area contributed by atoms with Crippen molar-refractivity contribution in [1.29, 1.82) is 0 Å². The zero-order valence-corrected chi connectivity index (χ0v) is 14.7. The number of aryl methyl sites for hydroxylation is 1. The Balaban J connectivity index is 1.90. The van der Waals surface area contributed by atoms with E-state index in [1.165, 1.54) is 6.07 Å². The van der Waals surface area contributed by atoms with Gasteiger partial charge in [0.2, 0.25) is 0 Å². The first-order valence-corrected chi connectivity index (χ1v) is 8.46. The molecular formula is C22H18F2N2. The molecule has 0 amide bonds. The second kappa shape index (κ2) is 7.88. The van der Waals surface area contributed by atoms with Crippen LogP contribution in [0.3, 0.4) is 0 Å². The van der Waals surface area contributed by atoms with Gasteiger partial charge >= 0.3 is 0 Å². The summed E-state index contributed by atoms with van der Waals surface area (Å²) in [5.74, 6) is 3.93. The lowest BCUT2D eigenvalue weighted by atomic mass is 10.0. The minimum absolute atomic E-state index is 0.0611. The molecule has 0 unspecified atom stereocenters. The summed E-state index contributed by atoms with van der Waals surface area (Å²) in [6.07, 6.45) is 5.63. The van der Waals surface area contributed by atoms with Crippen molar-refractivity contribution in [2.75, 3.05) is 0 Å². The predicted molar refractivity (Wildman–Crippen MR) is 99.4 cm³/mol. The van der Waals surface area contributed by atoms with E-state index in [1.807, 2.05) is 12.4 Å². The molecule has 3 rings (SSSR count). The first kappa shape index (κ1) is 17.8. The summed E-state index contributed by atoms with van der Waals surface area (Å²) in [5, 5.41) is 0. The Morgan fingerprint density at radius 2 is 1.54 bits per heavy atom. The van der Waals surface area contributed by atoms with Crippen molar-refractivity contribution in [3.05, 3.63) is 71.6 Å². The molecule has 3 aromatic rings. The molecule has 0 saturated carbocycles. The highest BCUT2D eigenvalue weighted by Gasteiger charge is 2.14. The highest BCUT2D eigenvalue weighted by molar-refractivity contribution is 5.69. The quantitative estimate of drug-likeness (QED) is 0.589. The van der Waals surface area contributed by atoms with Gasteiger partial charge in [0, 0.05) is 23.5 Å². The largest absolute Gasteiger partial charge is 0.236 e. The Hall–Kier alpha value is -3.06. The second-order valence-electron chi connectivity index (χ2n) is 5.91. The van der Waals surface area contributed by atoms with Crippen LogP contribution in [0.4, 0.5) is 8.78 Å². The van der Waals surface area contributed by atoms with Crippen molar-refractivity contribution < 1.29 is 8.78 Å². The molecule has 0 saturated heterocycles. The van der Waals surface area contributed by atoms with Gasteiger partial charge in [0.05, 0.1) is 5.56 Å². The van der Waals surface area contributed by atoms with E-state index in [2.05, 4.69) is 28.7 Å². The van der Waals surface area contributed by atoms with Gasteiger partial charge in [0.1, 0.15) is 0 Å². The summed E-state index contributed by atoms with van der Waals surface area (Å²) in [7, 11) is 0. The van der Waals surface area contributed by atoms with Gasteiger partial charge in [-0.25, -0.2) is 18.7 Å². The lowest BCUT2D eigenvalue weighted by Gasteiger charge is -2.07. The normalized spacial score (nSPS) is 10.3. The molecule has 0 atom stereocenters. The van der Waals surface area contributed by atoms with Crippen LogP contribution in [0.1, 0.15) is 31.4 Å². The summed E-state index contributed by atoms with van der Waals surface area (Å²) in [5.41, 5.74) is 2.77. The molecule has 0 aliphatic rings. The first-order valence-electron chi connectivity index (χ1n) is 8.46. The van der Waals surface area contributed by atoms with E-state index in [0.29, 0.717) is 11.4 Å². The maximum absolute atomic E-state index is 14.3. The molecule has 0 fully saturated rings. The summed E-state index contributed by atoms with van der Waals surface area (Å²) >= 11 is 0. The Labute approximate surface area is 152 Å². The molecular weight excluding hydrogens is 330 g/mol. The van der Waals surface area contributed by atoms with Crippen molar-refractivity contribution in [1.82, 2.24) is 9.97 Å². The van der Waals surface area contributed by atoms with Crippen LogP contribution in [-0.2, 0) is 6.42 Å². The summed E-state index contributed by atoms with van der Waals surface area (Å²) in [6, 6.07) is 10.1. The molecule has 0 aliphatic carbocycles. The highest BCUT2D eigenvalue weighted by Crippen LogP contribution is 2.28. The molecule has 0 N–H and O–H groups in total. The third-order valence-electron chi connectivity index (χ3n) is 4.04. The third-order valence-corrected chi connectivity index (χ3v) is 4.04. The lowest BCUT2D eigenvalue weighted by molar-refractivity contribution is 0.509. The summed E-state index contributed by atoms with van der Waals surface area (Å²) < 4.78 is 28.4. The fourth-order valence-electron chi connectivity index (χ4n) is 2.72. The lowest BCUT2D eigenvalue weighted by Crippen LogP contribution is -1.95. The van der Waals surface area contributed by atoms with Crippen molar-refractivity contribution in [2.45, 2.75) is 26.7 Å². The van der Waals surface area contributed by atoms with E-state index in [9.17, 15) is 8.78 Å². The molecule has 0 radical (unpaired) electrons. The fraction of sp³-hybridized carbons (Fsp3) is 0.182. The molecule has 4 heteroatoms. The number of aromatic nitrogens is 2. The van der Waals surface area contributed by atoms with E-state index in [1.54, 1.807) is 37.3 Å². The van der Waals surface area contributed by atoms with Crippen molar-refractivity contribution in [3.63, 3.8) is 0 Å². The summed E-state index contributed by atoms with van der Waals surface area (Å²) in [6.45, 7) is 3.69. The minimum Gasteiger partial charge on any atom is -0.236 e. The van der Waals surface area contributed by atoms with Gasteiger partial charge in [0.25, 0.3) is 0 Å². The molecule has 130 valence electrons.